The van der Waals surface area contributed by atoms with E-state index in [2.05, 4.69) is 28.1 Å². The van der Waals surface area contributed by atoms with Gasteiger partial charge in [0.1, 0.15) is 30.2 Å². The van der Waals surface area contributed by atoms with Crippen molar-refractivity contribution in [3.63, 3.8) is 0 Å². The van der Waals surface area contributed by atoms with Crippen LogP contribution in [0.4, 0.5) is 5.82 Å². The Balaban J connectivity index is 0. The van der Waals surface area contributed by atoms with Crippen LogP contribution in [-0.2, 0) is 31.6 Å². The molecule has 0 aromatic carbocycles. The third kappa shape index (κ3) is 9.93. The molecule has 4 N–H and O–H groups in total. The fourth-order valence-corrected chi connectivity index (χ4v) is 5.47. The van der Waals surface area contributed by atoms with Crippen LogP contribution in [0.25, 0.3) is 11.2 Å². The minimum atomic E-state index is -6.14. The number of anilines is 1. The van der Waals surface area contributed by atoms with Crippen LogP contribution in [0.3, 0.4) is 0 Å². The minimum absolute atomic E-state index is 0. The minimum Gasteiger partial charge on any atom is -0.790 e. The first-order valence-corrected chi connectivity index (χ1v) is 12.2. The van der Waals surface area contributed by atoms with E-state index >= 15 is 0 Å². The first kappa shape index (κ1) is 38.2. The van der Waals surface area contributed by atoms with Gasteiger partial charge in [-0.3, -0.25) is 18.0 Å². The summed E-state index contributed by atoms with van der Waals surface area (Å²) in [7, 11) is -18.1. The smallest absolute Gasteiger partial charge is 0.790 e. The molecular weight excluding hydrogens is 519 g/mol. The first-order valence-electron chi connectivity index (χ1n) is 7.85. The van der Waals surface area contributed by atoms with Crippen LogP contribution in [0.2, 0.25) is 0 Å². The van der Waals surface area contributed by atoms with Gasteiger partial charge in [-0.1, -0.05) is 0 Å². The fraction of sp³-hybridized carbons (Fsp3) is 0.500. The molecule has 174 valence electrons. The van der Waals surface area contributed by atoms with E-state index in [9.17, 15) is 43.5 Å². The number of aromatic nitrogens is 4. The van der Waals surface area contributed by atoms with E-state index in [1.807, 2.05) is 0 Å². The maximum atomic E-state index is 11.6. The van der Waals surface area contributed by atoms with Gasteiger partial charge in [0.05, 0.1) is 20.8 Å². The molecule has 0 aliphatic carbocycles. The van der Waals surface area contributed by atoms with Gasteiger partial charge in [0.2, 0.25) is 0 Å². The molecule has 2 aromatic rings. The van der Waals surface area contributed by atoms with E-state index in [0.717, 1.165) is 12.7 Å². The normalized spacial score (nSPS) is 25.2. The van der Waals surface area contributed by atoms with Crippen molar-refractivity contribution in [3.8, 4) is 0 Å². The Morgan fingerprint density at radius 1 is 0.971 bits per heavy atom. The van der Waals surface area contributed by atoms with Crippen LogP contribution in [0.15, 0.2) is 12.7 Å². The van der Waals surface area contributed by atoms with Gasteiger partial charge in [-0.15, -0.1) is 0 Å². The number of aliphatic hydroxyl groups excluding tert-OH is 2. The number of ether oxygens (including phenoxy) is 1. The molecule has 3 rings (SSSR count). The van der Waals surface area contributed by atoms with Crippen LogP contribution in [0.1, 0.15) is 6.23 Å². The largest absolute Gasteiger partial charge is 1.00 e. The third-order valence-electron chi connectivity index (χ3n) is 3.80. The number of hydrogen-bond donors (Lipinski definition) is 3. The Kier molecular flexibility index (Phi) is 15.7. The molecule has 0 amide bonds. The van der Waals surface area contributed by atoms with Crippen molar-refractivity contribution in [2.75, 3.05) is 12.3 Å². The molecule has 0 spiro atoms. The average Bonchev–Trinajstić information content (AvgIpc) is 3.13. The van der Waals surface area contributed by atoms with Gasteiger partial charge in [0.25, 0.3) is 15.6 Å². The number of phosphoric acid groups is 3. The molecule has 1 fully saturated rings. The number of phosphoric ester groups is 1. The van der Waals surface area contributed by atoms with E-state index in [-0.39, 0.29) is 92.4 Å². The molecule has 18 nitrogen and oxygen atoms in total. The predicted octanol–water partition coefficient (Wildman–Crippen LogP) is -16.1. The van der Waals surface area contributed by atoms with E-state index < -0.39 is 54.6 Å². The van der Waals surface area contributed by atoms with Crippen molar-refractivity contribution in [2.24, 2.45) is 0 Å². The fourth-order valence-electron chi connectivity index (χ4n) is 2.60. The maximum Gasteiger partial charge on any atom is 1.00 e. The Bertz CT molecular complexity index is 1120. The van der Waals surface area contributed by atoms with Gasteiger partial charge in [0.15, 0.2) is 17.7 Å². The zero-order chi connectivity index (χ0) is 23.2. The molecule has 35 heavy (non-hydrogen) atoms. The van der Waals surface area contributed by atoms with Crippen LogP contribution in [0.5, 0.6) is 0 Å². The number of nitrogen functional groups attached to an aromatic ring is 1. The summed E-state index contributed by atoms with van der Waals surface area (Å²) < 4.78 is 50.2. The van der Waals surface area contributed by atoms with Crippen LogP contribution in [0, 0.1) is 0 Å². The van der Waals surface area contributed by atoms with E-state index in [4.69, 9.17) is 10.5 Å². The molecule has 0 saturated carbocycles. The van der Waals surface area contributed by atoms with Crippen LogP contribution in [-0.4, -0.2) is 54.7 Å². The molecular formula is C10H12Li4N5O13P3. The molecule has 1 aliphatic heterocycles. The number of nitrogens with zero attached hydrogens (tertiary/aromatic N) is 4. The van der Waals surface area contributed by atoms with E-state index in [1.165, 1.54) is 4.57 Å². The molecule has 2 aromatic heterocycles. The van der Waals surface area contributed by atoms with Gasteiger partial charge >= 0.3 is 75.4 Å². The number of rotatable bonds is 8. The van der Waals surface area contributed by atoms with Crippen molar-refractivity contribution in [1.82, 2.24) is 19.5 Å². The van der Waals surface area contributed by atoms with Crippen molar-refractivity contribution < 1.29 is 137 Å². The maximum absolute atomic E-state index is 11.6. The summed E-state index contributed by atoms with van der Waals surface area (Å²) in [5.74, 6) is 0.0195. The molecule has 6 unspecified atom stereocenters. The van der Waals surface area contributed by atoms with Crippen molar-refractivity contribution in [3.05, 3.63) is 12.7 Å². The molecule has 1 saturated heterocycles. The summed E-state index contributed by atoms with van der Waals surface area (Å²) in [6.45, 7) is -1.08. The molecule has 1 aliphatic rings. The van der Waals surface area contributed by atoms with Gasteiger partial charge in [0, 0.05) is 0 Å². The summed E-state index contributed by atoms with van der Waals surface area (Å²) >= 11 is 0. The quantitative estimate of drug-likeness (QED) is 0.210. The van der Waals surface area contributed by atoms with Crippen molar-refractivity contribution in [2.45, 2.75) is 24.5 Å². The standard InChI is InChI=1S/C10H16N5O13P3.4Li/c11-8-5-9(13-2-12-8)15(3-14-5)10-7(17)6(16)4(26-10)1-25-30(21,22)28-31(23,24)27-29(18,19)20;;;;/h2-4,6-7,10,16-17H,1H2,(H,21,22)(H,23,24)(H2,11,12,13)(H2,18,19,20);;;;/q;4*+1/p-4. The Hall–Kier alpha value is 1.03. The number of fused-ring (bicyclic) bond motifs is 1. The SMILES string of the molecule is Nc1ncnc2c1ncn2C1OC(COP(=O)([O-])OP(=O)([O-])OP(=O)([O-])[O-])C(O)C1O.[Li+].[Li+].[Li+].[Li+]. The predicted molar refractivity (Wildman–Crippen MR) is 86.6 cm³/mol. The Morgan fingerprint density at radius 3 is 2.14 bits per heavy atom. The number of aliphatic hydroxyl groups is 2. The third-order valence-corrected chi connectivity index (χ3v) is 7.46. The molecule has 6 atom stereocenters. The van der Waals surface area contributed by atoms with Gasteiger partial charge in [-0.2, -0.15) is 0 Å². The topological polar surface area (TPSA) is 290 Å². The monoisotopic (exact) mass is 531 g/mol. The van der Waals surface area contributed by atoms with Crippen LogP contribution >= 0.6 is 23.5 Å². The van der Waals surface area contributed by atoms with E-state index in [0.29, 0.717) is 0 Å². The second-order valence-electron chi connectivity index (χ2n) is 5.93. The molecule has 0 radical (unpaired) electrons. The Morgan fingerprint density at radius 2 is 1.57 bits per heavy atom. The molecule has 25 heteroatoms. The second-order valence-corrected chi connectivity index (χ2v) is 10.2. The van der Waals surface area contributed by atoms with E-state index in [1.54, 1.807) is 0 Å². The van der Waals surface area contributed by atoms with Gasteiger partial charge < -0.3 is 49.3 Å². The molecule has 0 bridgehead atoms. The summed E-state index contributed by atoms with van der Waals surface area (Å²) in [5, 5.41) is 20.3. The van der Waals surface area contributed by atoms with Crippen LogP contribution < -0.4 is 101 Å². The number of imidazole rings is 1. The summed E-state index contributed by atoms with van der Waals surface area (Å²) in [5.41, 5.74) is 5.92. The number of hydrogen-bond acceptors (Lipinski definition) is 17. The van der Waals surface area contributed by atoms with Crippen molar-refractivity contribution >= 4 is 40.4 Å². The Labute approximate surface area is 244 Å². The van der Waals surface area contributed by atoms with Gasteiger partial charge in [-0.25, -0.2) is 19.3 Å². The van der Waals surface area contributed by atoms with Crippen molar-refractivity contribution in [1.29, 1.82) is 0 Å². The zero-order valence-corrected chi connectivity index (χ0v) is 21.4. The molecule has 3 heterocycles. The summed E-state index contributed by atoms with van der Waals surface area (Å²) in [6, 6.07) is 0. The second kappa shape index (κ2) is 14.4. The average molecular weight is 531 g/mol. The first-order chi connectivity index (χ1) is 14.2. The zero-order valence-electron chi connectivity index (χ0n) is 18.8. The summed E-state index contributed by atoms with van der Waals surface area (Å²) in [4.78, 5) is 54.9. The van der Waals surface area contributed by atoms with Gasteiger partial charge in [-0.05, 0) is 0 Å². The summed E-state index contributed by atoms with van der Waals surface area (Å²) in [6.07, 6.45) is -3.99. The number of nitrogens with two attached hydrogens (primary N) is 1.